The first-order valence-electron chi connectivity index (χ1n) is 15.6. The van der Waals surface area contributed by atoms with Gasteiger partial charge in [0.1, 0.15) is 0 Å². The number of hydrogen-bond acceptors (Lipinski definition) is 3. The van der Waals surface area contributed by atoms with Crippen LogP contribution in [-0.2, 0) is 0 Å². The number of fused-ring (bicyclic) bond motifs is 1. The van der Waals surface area contributed by atoms with Gasteiger partial charge in [0.05, 0.1) is 0 Å². The summed E-state index contributed by atoms with van der Waals surface area (Å²) in [6, 6.07) is 59.2. The van der Waals surface area contributed by atoms with E-state index in [0.717, 1.165) is 38.6 Å². The van der Waals surface area contributed by atoms with E-state index in [-0.39, 0.29) is 0 Å². The predicted octanol–water partition coefficient (Wildman–Crippen LogP) is 9.55. The molecule has 1 aromatic heterocycles. The molecule has 0 unspecified atom stereocenters. The van der Waals surface area contributed by atoms with Crippen LogP contribution in [0, 0.1) is 0 Å². The molecule has 0 aliphatic rings. The third-order valence-corrected chi connectivity index (χ3v) is 9.25. The summed E-state index contributed by atoms with van der Waals surface area (Å²) in [6.45, 7) is 0. The van der Waals surface area contributed by atoms with Gasteiger partial charge in [0.25, 0.3) is 0 Å². The van der Waals surface area contributed by atoms with Crippen LogP contribution in [0.25, 0.3) is 78.3 Å². The zero-order chi connectivity index (χ0) is 31.6. The topological polar surface area (TPSA) is 38.7 Å². The van der Waals surface area contributed by atoms with E-state index < -0.39 is 0 Å². The summed E-state index contributed by atoms with van der Waals surface area (Å²) in [7, 11) is 0. The van der Waals surface area contributed by atoms with Crippen molar-refractivity contribution in [3.8, 4) is 67.5 Å². The normalized spacial score (nSPS) is 11.1. The third-order valence-electron chi connectivity index (χ3n) is 8.43. The Kier molecular flexibility index (Phi) is 7.72. The first-order valence-corrected chi connectivity index (χ1v) is 16.5. The second kappa shape index (κ2) is 12.6. The molecule has 7 aromatic carbocycles. The van der Waals surface area contributed by atoms with E-state index >= 15 is 0 Å². The van der Waals surface area contributed by atoms with Gasteiger partial charge in [-0.25, -0.2) is 0 Å². The predicted molar refractivity (Wildman–Crippen MR) is 197 cm³/mol. The van der Waals surface area contributed by atoms with Crippen molar-refractivity contribution in [2.24, 2.45) is 0 Å². The van der Waals surface area contributed by atoms with E-state index in [9.17, 15) is 0 Å². The van der Waals surface area contributed by atoms with E-state index in [2.05, 4.69) is 125 Å². The van der Waals surface area contributed by atoms with E-state index in [1.165, 1.54) is 26.7 Å². The van der Waals surface area contributed by atoms with Crippen LogP contribution in [0.4, 0.5) is 0 Å². The maximum atomic E-state index is 4.98. The standard InChI is InChI=1S/C43H29N3Se/c47-40-25-24-35(27-39(40)34-20-10-19-33(26-34)29-12-4-1-5-13-29)37-21-11-18-30-22-23-36(28-38(30)37)43-45-41(31-14-6-2-7-15-31)44-42(46-43)32-16-8-3-9-17-32/h1-28,47H. The summed E-state index contributed by atoms with van der Waals surface area (Å²) in [6.07, 6.45) is 0. The fourth-order valence-electron chi connectivity index (χ4n) is 6.03. The molecular weight excluding hydrogens is 637 g/mol. The molecule has 8 aromatic rings. The first-order chi connectivity index (χ1) is 23.2. The Bertz CT molecular complexity index is 2300. The average Bonchev–Trinajstić information content (AvgIpc) is 3.15. The minimum absolute atomic E-state index is 0.647. The Morgan fingerprint density at radius 1 is 0.319 bits per heavy atom. The van der Waals surface area contributed by atoms with Crippen LogP contribution in [0.1, 0.15) is 0 Å². The molecule has 4 heteroatoms. The third kappa shape index (κ3) is 5.89. The van der Waals surface area contributed by atoms with E-state index in [1.54, 1.807) is 0 Å². The monoisotopic (exact) mass is 667 g/mol. The van der Waals surface area contributed by atoms with E-state index in [0.29, 0.717) is 17.5 Å². The summed E-state index contributed by atoms with van der Waals surface area (Å²) in [5.74, 6) is 1.96. The molecule has 0 bridgehead atoms. The van der Waals surface area contributed by atoms with Gasteiger partial charge >= 0.3 is 223 Å². The molecule has 222 valence electrons. The number of benzene rings is 7. The fraction of sp³-hybridized carbons (Fsp3) is 0. The SMILES string of the molecule is [SeH]c1ccc(-c2cccc3ccc(-c4nc(-c5ccccc5)nc(-c5ccccc5)n4)cc23)cc1-c1cccc(-c2ccccc2)c1. The number of nitrogens with zero attached hydrogens (tertiary/aromatic N) is 3. The van der Waals surface area contributed by atoms with Crippen molar-refractivity contribution in [1.82, 2.24) is 15.0 Å². The quantitative estimate of drug-likeness (QED) is 0.166. The van der Waals surface area contributed by atoms with Crippen LogP contribution in [0.5, 0.6) is 0 Å². The molecular formula is C43H29N3Se. The van der Waals surface area contributed by atoms with Crippen molar-refractivity contribution in [3.05, 3.63) is 170 Å². The summed E-state index contributed by atoms with van der Waals surface area (Å²) in [5, 5.41) is 2.31. The second-order valence-electron chi connectivity index (χ2n) is 11.5. The summed E-state index contributed by atoms with van der Waals surface area (Å²) >= 11 is 2.74. The summed E-state index contributed by atoms with van der Waals surface area (Å²) in [5.41, 5.74) is 9.99. The van der Waals surface area contributed by atoms with Gasteiger partial charge in [0, 0.05) is 0 Å². The zero-order valence-electron chi connectivity index (χ0n) is 25.5. The van der Waals surface area contributed by atoms with Crippen molar-refractivity contribution >= 4 is 31.2 Å². The Morgan fingerprint density at radius 3 is 1.49 bits per heavy atom. The molecule has 0 fully saturated rings. The molecule has 3 nitrogen and oxygen atoms in total. The van der Waals surface area contributed by atoms with Crippen LogP contribution in [0.15, 0.2) is 170 Å². The van der Waals surface area contributed by atoms with Crippen molar-refractivity contribution in [3.63, 3.8) is 0 Å². The van der Waals surface area contributed by atoms with Crippen LogP contribution < -0.4 is 4.46 Å². The number of rotatable bonds is 6. The van der Waals surface area contributed by atoms with Crippen molar-refractivity contribution in [2.75, 3.05) is 0 Å². The molecule has 0 atom stereocenters. The van der Waals surface area contributed by atoms with Crippen molar-refractivity contribution in [2.45, 2.75) is 0 Å². The van der Waals surface area contributed by atoms with Crippen LogP contribution in [0.3, 0.4) is 0 Å². The first kappa shape index (κ1) is 28.8. The minimum atomic E-state index is 0.647. The molecule has 47 heavy (non-hydrogen) atoms. The zero-order valence-corrected chi connectivity index (χ0v) is 27.3. The molecule has 0 amide bonds. The second-order valence-corrected chi connectivity index (χ2v) is 12.5. The Hall–Kier alpha value is -5.67. The van der Waals surface area contributed by atoms with Gasteiger partial charge in [-0.05, 0) is 0 Å². The van der Waals surface area contributed by atoms with Gasteiger partial charge in [-0.3, -0.25) is 0 Å². The van der Waals surface area contributed by atoms with Gasteiger partial charge in [-0.2, -0.15) is 0 Å². The molecule has 0 saturated carbocycles. The molecule has 8 rings (SSSR count). The summed E-state index contributed by atoms with van der Waals surface area (Å²) in [4.78, 5) is 14.8. The van der Waals surface area contributed by atoms with Crippen LogP contribution in [0.2, 0.25) is 0 Å². The van der Waals surface area contributed by atoms with E-state index in [1.807, 2.05) is 60.7 Å². The van der Waals surface area contributed by atoms with Gasteiger partial charge in [-0.1, -0.05) is 60.7 Å². The Labute approximate surface area is 282 Å². The fourth-order valence-corrected chi connectivity index (χ4v) is 6.60. The Balaban J connectivity index is 1.25. The van der Waals surface area contributed by atoms with Crippen LogP contribution in [-0.4, -0.2) is 31.0 Å². The Morgan fingerprint density at radius 2 is 0.830 bits per heavy atom. The molecule has 0 aliphatic heterocycles. The van der Waals surface area contributed by atoms with Gasteiger partial charge in [0.15, 0.2) is 0 Å². The van der Waals surface area contributed by atoms with Crippen molar-refractivity contribution < 1.29 is 0 Å². The molecule has 0 radical (unpaired) electrons. The van der Waals surface area contributed by atoms with Gasteiger partial charge in [-0.15, -0.1) is 0 Å². The number of aromatic nitrogens is 3. The molecule has 1 heterocycles. The van der Waals surface area contributed by atoms with Gasteiger partial charge in [0.2, 0.25) is 0 Å². The molecule has 0 spiro atoms. The maximum absolute atomic E-state index is 4.98. The molecule has 0 aliphatic carbocycles. The average molecular weight is 667 g/mol. The summed E-state index contributed by atoms with van der Waals surface area (Å²) < 4.78 is 1.18. The molecule has 0 N–H and O–H groups in total. The van der Waals surface area contributed by atoms with Crippen molar-refractivity contribution in [1.29, 1.82) is 0 Å². The number of hydrogen-bond donors (Lipinski definition) is 0. The van der Waals surface area contributed by atoms with Crippen LogP contribution >= 0.6 is 0 Å². The van der Waals surface area contributed by atoms with E-state index in [4.69, 9.17) is 15.0 Å². The molecule has 0 saturated heterocycles. The van der Waals surface area contributed by atoms with Gasteiger partial charge < -0.3 is 0 Å².